The summed E-state index contributed by atoms with van der Waals surface area (Å²) >= 11 is 0. The molecule has 2 saturated heterocycles. The number of carbonyl (C=O) groups excluding carboxylic acids is 2. The molecule has 2 fully saturated rings. The highest BCUT2D eigenvalue weighted by Gasteiger charge is 2.42. The molecule has 2 aliphatic heterocycles. The number of amides is 2. The monoisotopic (exact) mass is 472 g/mol. The maximum absolute atomic E-state index is 13.3. The van der Waals surface area contributed by atoms with Crippen molar-refractivity contribution in [1.29, 1.82) is 0 Å². The number of piperidine rings is 1. The van der Waals surface area contributed by atoms with Crippen molar-refractivity contribution >= 4 is 11.8 Å². The van der Waals surface area contributed by atoms with Crippen LogP contribution < -0.4 is 4.74 Å². The zero-order chi connectivity index (χ0) is 24.0. The Morgan fingerprint density at radius 2 is 1.85 bits per heavy atom. The van der Waals surface area contributed by atoms with Gasteiger partial charge in [-0.05, 0) is 50.5 Å². The third kappa shape index (κ3) is 6.14. The second-order valence-corrected chi connectivity index (χ2v) is 9.13. The first-order valence-corrected chi connectivity index (χ1v) is 12.0. The Kier molecular flexibility index (Phi) is 7.82. The number of ether oxygens (including phenoxy) is 2. The lowest BCUT2D eigenvalue weighted by Gasteiger charge is -2.43. The average molecular weight is 473 g/mol. The first-order valence-electron chi connectivity index (χ1n) is 12.0. The van der Waals surface area contributed by atoms with Gasteiger partial charge in [0.2, 0.25) is 11.8 Å². The molecule has 0 N–H and O–H groups in total. The Labute approximate surface area is 199 Å². The number of hydrogen-bond donors (Lipinski definition) is 0. The zero-order valence-corrected chi connectivity index (χ0v) is 19.7. The molecule has 2 aromatic rings. The highest BCUT2D eigenvalue weighted by atomic mass is 19.1. The van der Waals surface area contributed by atoms with Crippen molar-refractivity contribution in [1.82, 2.24) is 19.4 Å². The smallest absolute Gasteiger partial charge is 0.225 e. The molecule has 0 saturated carbocycles. The molecule has 1 atom stereocenters. The lowest BCUT2D eigenvalue weighted by Crippen LogP contribution is -2.58. The third-order valence-electron chi connectivity index (χ3n) is 6.59. The molecular formula is C25H33FN4O4. The molecular weight excluding hydrogens is 439 g/mol. The second kappa shape index (κ2) is 11.0. The lowest BCUT2D eigenvalue weighted by molar-refractivity contribution is -0.166. The minimum Gasteiger partial charge on any atom is -0.490 e. The zero-order valence-electron chi connectivity index (χ0n) is 19.7. The number of rotatable bonds is 8. The van der Waals surface area contributed by atoms with Crippen LogP contribution in [0.3, 0.4) is 0 Å². The summed E-state index contributed by atoms with van der Waals surface area (Å²) in [5.74, 6) is 1.04. The van der Waals surface area contributed by atoms with Crippen molar-refractivity contribution in [2.75, 3.05) is 39.4 Å². The maximum Gasteiger partial charge on any atom is 0.225 e. The predicted octanol–water partition coefficient (Wildman–Crippen LogP) is 2.80. The summed E-state index contributed by atoms with van der Waals surface area (Å²) in [5, 5.41) is 0. The Morgan fingerprint density at radius 3 is 2.56 bits per heavy atom. The second-order valence-electron chi connectivity index (χ2n) is 9.13. The average Bonchev–Trinajstić information content (AvgIpc) is 3.27. The molecule has 1 aromatic heterocycles. The summed E-state index contributed by atoms with van der Waals surface area (Å²) in [7, 11) is 0. The maximum atomic E-state index is 13.3. The van der Waals surface area contributed by atoms with Crippen LogP contribution in [0.2, 0.25) is 0 Å². The van der Waals surface area contributed by atoms with E-state index in [1.165, 1.54) is 12.1 Å². The minimum atomic E-state index is -0.957. The fourth-order valence-electron chi connectivity index (χ4n) is 4.59. The number of likely N-dealkylation sites (tertiary alicyclic amines) is 1. The fraction of sp³-hybridized carbons (Fsp3) is 0.560. The molecule has 4 rings (SSSR count). The van der Waals surface area contributed by atoms with Gasteiger partial charge < -0.3 is 23.8 Å². The predicted molar refractivity (Wildman–Crippen MR) is 124 cm³/mol. The molecule has 0 radical (unpaired) electrons. The van der Waals surface area contributed by atoms with Gasteiger partial charge in [0.05, 0.1) is 19.6 Å². The Hall–Kier alpha value is -2.94. The molecule has 0 aliphatic carbocycles. The van der Waals surface area contributed by atoms with Crippen molar-refractivity contribution < 1.29 is 23.5 Å². The highest BCUT2D eigenvalue weighted by molar-refractivity contribution is 5.79. The summed E-state index contributed by atoms with van der Waals surface area (Å²) < 4.78 is 27.4. The summed E-state index contributed by atoms with van der Waals surface area (Å²) in [5.41, 5.74) is -0.957. The van der Waals surface area contributed by atoms with Crippen LogP contribution in [-0.4, -0.2) is 76.2 Å². The van der Waals surface area contributed by atoms with E-state index in [0.717, 1.165) is 38.2 Å². The first kappa shape index (κ1) is 24.2. The fourth-order valence-corrected chi connectivity index (χ4v) is 4.59. The Morgan fingerprint density at radius 1 is 1.09 bits per heavy atom. The van der Waals surface area contributed by atoms with E-state index in [1.54, 1.807) is 23.2 Å². The van der Waals surface area contributed by atoms with Gasteiger partial charge in [-0.25, -0.2) is 9.37 Å². The summed E-state index contributed by atoms with van der Waals surface area (Å²) in [4.78, 5) is 34.1. The molecule has 2 aliphatic rings. The van der Waals surface area contributed by atoms with Crippen molar-refractivity contribution in [3.05, 3.63) is 48.3 Å². The molecule has 34 heavy (non-hydrogen) atoms. The topological polar surface area (TPSA) is 76.9 Å². The molecule has 8 nitrogen and oxygen atoms in total. The minimum absolute atomic E-state index is 0.00739. The van der Waals surface area contributed by atoms with E-state index < -0.39 is 5.60 Å². The molecule has 9 heteroatoms. The summed E-state index contributed by atoms with van der Waals surface area (Å²) in [6, 6.07) is 5.76. The number of morpholine rings is 1. The van der Waals surface area contributed by atoms with E-state index in [2.05, 4.69) is 4.98 Å². The van der Waals surface area contributed by atoms with Crippen LogP contribution in [0, 0.1) is 12.7 Å². The number of imidazole rings is 1. The number of halogens is 1. The summed E-state index contributed by atoms with van der Waals surface area (Å²) in [6.07, 6.45) is 7.20. The van der Waals surface area contributed by atoms with Gasteiger partial charge in [0.15, 0.2) is 0 Å². The van der Waals surface area contributed by atoms with Gasteiger partial charge in [-0.1, -0.05) is 0 Å². The number of hydrogen-bond acceptors (Lipinski definition) is 5. The third-order valence-corrected chi connectivity index (χ3v) is 6.59. The van der Waals surface area contributed by atoms with E-state index in [0.29, 0.717) is 31.9 Å². The van der Waals surface area contributed by atoms with Crippen LogP contribution in [-0.2, 0) is 20.9 Å². The van der Waals surface area contributed by atoms with Crippen LogP contribution in [0.4, 0.5) is 4.39 Å². The van der Waals surface area contributed by atoms with E-state index in [-0.39, 0.29) is 37.2 Å². The molecule has 2 amide bonds. The molecule has 1 aromatic carbocycles. The van der Waals surface area contributed by atoms with Gasteiger partial charge in [0.1, 0.15) is 29.6 Å². The van der Waals surface area contributed by atoms with Crippen molar-refractivity contribution in [2.45, 2.75) is 51.2 Å². The van der Waals surface area contributed by atoms with Crippen LogP contribution >= 0.6 is 0 Å². The van der Waals surface area contributed by atoms with Crippen molar-refractivity contribution in [2.24, 2.45) is 0 Å². The summed E-state index contributed by atoms with van der Waals surface area (Å²) in [6.45, 7) is 5.13. The van der Waals surface area contributed by atoms with Crippen molar-refractivity contribution in [3.63, 3.8) is 0 Å². The Bertz CT molecular complexity index is 974. The van der Waals surface area contributed by atoms with E-state index in [9.17, 15) is 14.0 Å². The molecule has 0 bridgehead atoms. The number of aryl methyl sites for hydroxylation is 2. The highest BCUT2D eigenvalue weighted by Crippen LogP contribution is 2.27. The number of aromatic nitrogens is 2. The van der Waals surface area contributed by atoms with Crippen molar-refractivity contribution in [3.8, 4) is 5.75 Å². The van der Waals surface area contributed by atoms with Crippen LogP contribution in [0.1, 0.15) is 37.9 Å². The van der Waals surface area contributed by atoms with E-state index in [1.807, 2.05) is 22.6 Å². The SMILES string of the molecule is Cc1nccn1CCC(=O)N1CCOC(COc2ccc(F)cc2)(CC(=O)N2CCCCC2)C1. The van der Waals surface area contributed by atoms with Crippen LogP contribution in [0.15, 0.2) is 36.7 Å². The number of benzene rings is 1. The van der Waals surface area contributed by atoms with Crippen LogP contribution in [0.25, 0.3) is 0 Å². The lowest BCUT2D eigenvalue weighted by atomic mass is 9.96. The number of carbonyl (C=O) groups is 2. The number of nitrogens with zero attached hydrogens (tertiary/aromatic N) is 4. The quantitative estimate of drug-likeness (QED) is 0.591. The molecule has 3 heterocycles. The standard InChI is InChI=1S/C25H33FN4O4/c1-20-27-10-14-28(20)13-9-23(31)30-15-16-34-25(18-30,17-24(32)29-11-3-2-4-12-29)19-33-22-7-5-21(26)6-8-22/h5-8,10,14H,2-4,9,11-13,15-19H2,1H3. The van der Waals surface area contributed by atoms with E-state index in [4.69, 9.17) is 9.47 Å². The normalized spacial score (nSPS) is 20.9. The van der Waals surface area contributed by atoms with Gasteiger partial charge in [-0.15, -0.1) is 0 Å². The molecule has 184 valence electrons. The molecule has 0 spiro atoms. The van der Waals surface area contributed by atoms with Crippen LogP contribution in [0.5, 0.6) is 5.75 Å². The van der Waals surface area contributed by atoms with Gasteiger partial charge in [-0.2, -0.15) is 0 Å². The largest absolute Gasteiger partial charge is 0.490 e. The van der Waals surface area contributed by atoms with Gasteiger partial charge in [0.25, 0.3) is 0 Å². The molecule has 1 unspecified atom stereocenters. The first-order chi connectivity index (χ1) is 16.4. The van der Waals surface area contributed by atoms with E-state index >= 15 is 0 Å². The van der Waals surface area contributed by atoms with Gasteiger partial charge in [0, 0.05) is 45.0 Å². The van der Waals surface area contributed by atoms with Gasteiger partial charge >= 0.3 is 0 Å². The van der Waals surface area contributed by atoms with Gasteiger partial charge in [-0.3, -0.25) is 9.59 Å². The Balaban J connectivity index is 1.44.